The van der Waals surface area contributed by atoms with Gasteiger partial charge in [-0.25, -0.2) is 9.13 Å². The number of hydrogen-bond acceptors (Lipinski definition) is 16. The standard InChI is InChI=1S/C49H84O19P2/c1-3-5-7-8-9-10-11-12-13-14-15-16-17-18-19-20-25-29-42(53)64-34-37-35-65-70(62,63)68-49-47(58)46(57)44(55)38(28-24-21-22-26-30-43(54)66-37)40(51)33-41(52)39(32-31-36(50)27-23-6-4-2)45(56)48(49)67-69(59,60)61/h9-10,12-13,21,24,31-32,36-39,41,44-50,52,55-58H,3-8,11,14-20,22-23,25-30,33-35H2,1-2H3,(H,62,63)(H2,59,60,61)/b10-9-,13-12-,24-21-,32-31+/t36-,37+,38-,39-,41+,44+,45+,46-,47+,48+,49-/m0/s1. The minimum absolute atomic E-state index is 0.0412. The number of fused-ring (bicyclic) bond motifs is 4. The van der Waals surface area contributed by atoms with Crippen LogP contribution in [-0.2, 0) is 46.6 Å². The van der Waals surface area contributed by atoms with Gasteiger partial charge in [-0.15, -0.1) is 0 Å². The van der Waals surface area contributed by atoms with Crippen molar-refractivity contribution < 1.29 is 91.9 Å². The van der Waals surface area contributed by atoms with E-state index in [-0.39, 0.29) is 38.5 Å². The van der Waals surface area contributed by atoms with E-state index in [9.17, 15) is 68.8 Å². The summed E-state index contributed by atoms with van der Waals surface area (Å²) < 4.78 is 52.1. The molecule has 12 atom stereocenters. The number of phosphoric acid groups is 2. The summed E-state index contributed by atoms with van der Waals surface area (Å²) >= 11 is 0. The topological polar surface area (TPSA) is 314 Å². The smallest absolute Gasteiger partial charge is 0.462 e. The predicted octanol–water partition coefficient (Wildman–Crippen LogP) is 6.65. The summed E-state index contributed by atoms with van der Waals surface area (Å²) in [6, 6.07) is 0. The van der Waals surface area contributed by atoms with Crippen molar-refractivity contribution in [2.45, 2.75) is 216 Å². The number of unbranched alkanes of at least 4 members (excludes halogenated alkanes) is 12. The van der Waals surface area contributed by atoms with E-state index < -0.39 is 120 Å². The minimum Gasteiger partial charge on any atom is -0.462 e. The Hall–Kier alpha value is -2.45. The van der Waals surface area contributed by atoms with Gasteiger partial charge in [0.15, 0.2) is 6.10 Å². The molecule has 2 rings (SSSR count). The van der Waals surface area contributed by atoms with Gasteiger partial charge in [0.25, 0.3) is 0 Å². The third-order valence-corrected chi connectivity index (χ3v) is 13.7. The van der Waals surface area contributed by atoms with Gasteiger partial charge in [-0.3, -0.25) is 28.0 Å². The molecule has 1 fully saturated rings. The molecule has 1 aliphatic carbocycles. The molecule has 0 amide bonds. The second-order valence-electron chi connectivity index (χ2n) is 18.3. The molecule has 2 aliphatic rings. The number of esters is 2. The maximum absolute atomic E-state index is 13.7. The average molecular weight is 1040 g/mol. The van der Waals surface area contributed by atoms with E-state index in [1.807, 2.05) is 6.92 Å². The third kappa shape index (κ3) is 27.0. The molecular formula is C49H84O19P2. The first-order chi connectivity index (χ1) is 33.3. The molecular weight excluding hydrogens is 954 g/mol. The first-order valence-corrected chi connectivity index (χ1v) is 28.3. The first kappa shape index (κ1) is 63.7. The number of ether oxygens (including phenoxy) is 2. The first-order valence-electron chi connectivity index (χ1n) is 25.3. The van der Waals surface area contributed by atoms with Crippen LogP contribution >= 0.6 is 15.6 Å². The number of rotatable bonds is 26. The van der Waals surface area contributed by atoms with Crippen molar-refractivity contribution in [1.29, 1.82) is 0 Å². The highest BCUT2D eigenvalue weighted by atomic mass is 31.2. The lowest BCUT2D eigenvalue weighted by molar-refractivity contribution is -0.165. The van der Waals surface area contributed by atoms with Crippen LogP contribution in [0.3, 0.4) is 0 Å². The number of Topliss-reactive ketones (excluding diaryl/α,β-unsaturated/α-hetero) is 1. The van der Waals surface area contributed by atoms with Gasteiger partial charge >= 0.3 is 27.6 Å². The van der Waals surface area contributed by atoms with E-state index in [0.29, 0.717) is 12.8 Å². The highest BCUT2D eigenvalue weighted by Crippen LogP contribution is 2.49. The molecule has 1 aliphatic heterocycles. The van der Waals surface area contributed by atoms with Crippen molar-refractivity contribution in [3.8, 4) is 0 Å². The largest absolute Gasteiger partial charge is 0.472 e. The summed E-state index contributed by atoms with van der Waals surface area (Å²) in [5.41, 5.74) is 0. The number of allylic oxidation sites excluding steroid dienone is 6. The lowest BCUT2D eigenvalue weighted by atomic mass is 9.84. The Labute approximate surface area is 414 Å². The van der Waals surface area contributed by atoms with Crippen molar-refractivity contribution in [2.75, 3.05) is 13.2 Å². The molecule has 19 nitrogen and oxygen atoms in total. The number of aliphatic hydroxyl groups excluding tert-OH is 6. The maximum Gasteiger partial charge on any atom is 0.472 e. The van der Waals surface area contributed by atoms with Crippen molar-refractivity contribution in [1.82, 2.24) is 0 Å². The van der Waals surface area contributed by atoms with Gasteiger partial charge in [-0.2, -0.15) is 0 Å². The Bertz CT molecular complexity index is 1700. The fourth-order valence-corrected chi connectivity index (χ4v) is 9.70. The summed E-state index contributed by atoms with van der Waals surface area (Å²) in [6.45, 7) is 2.52. The molecule has 21 heteroatoms. The summed E-state index contributed by atoms with van der Waals surface area (Å²) in [7, 11) is -11.5. The van der Waals surface area contributed by atoms with Crippen LogP contribution in [0.2, 0.25) is 0 Å². The van der Waals surface area contributed by atoms with Crippen LogP contribution in [0.4, 0.5) is 0 Å². The van der Waals surface area contributed by atoms with Crippen LogP contribution in [0.1, 0.15) is 162 Å². The lowest BCUT2D eigenvalue weighted by Crippen LogP contribution is -2.56. The van der Waals surface area contributed by atoms with E-state index in [0.717, 1.165) is 82.8 Å². The monoisotopic (exact) mass is 1040 g/mol. The van der Waals surface area contributed by atoms with Crippen molar-refractivity contribution in [3.05, 3.63) is 48.6 Å². The summed E-state index contributed by atoms with van der Waals surface area (Å²) in [6.07, 6.45) is 9.34. The minimum atomic E-state index is -5.78. The Kier molecular flexibility index (Phi) is 32.4. The van der Waals surface area contributed by atoms with Crippen LogP contribution in [0.5, 0.6) is 0 Å². The number of cyclic esters (lactones) is 1. The molecule has 0 aromatic rings. The fraction of sp³-hybridized carbons (Fsp3) is 0.776. The zero-order valence-corrected chi connectivity index (χ0v) is 42.9. The van der Waals surface area contributed by atoms with Gasteiger partial charge in [0.05, 0.1) is 31.0 Å². The Morgan fingerprint density at radius 3 is 2.13 bits per heavy atom. The van der Waals surface area contributed by atoms with E-state index in [1.165, 1.54) is 25.3 Å². The number of hydrogen-bond donors (Lipinski definition) is 9. The third-order valence-electron chi connectivity index (χ3n) is 12.2. The number of aliphatic hydroxyl groups is 6. The SMILES string of the molecule is CCCCC/C=C\C/C=C\CCCCCCCCCC(=O)OC[C@@H]1COP(=O)(O)O[C@H]2[C@H](O)[C@@H](O)[C@H](O)[C@@H](C/C=C\CCCC(=O)O1)C(=O)C[C@@H](O)[C@H](/C=C/[C@@H](O)CCCCC)[C@@H](O)[C@H]2OP(=O)(O)O. The zero-order chi connectivity index (χ0) is 52.0. The van der Waals surface area contributed by atoms with E-state index >= 15 is 0 Å². The van der Waals surface area contributed by atoms with Crippen LogP contribution in [0, 0.1) is 11.8 Å². The molecule has 0 radical (unpaired) electrons. The molecule has 70 heavy (non-hydrogen) atoms. The lowest BCUT2D eigenvalue weighted by Gasteiger charge is -2.38. The Morgan fingerprint density at radius 2 is 1.47 bits per heavy atom. The number of phosphoric ester groups is 2. The molecule has 404 valence electrons. The van der Waals surface area contributed by atoms with Crippen molar-refractivity contribution in [2.24, 2.45) is 11.8 Å². The summed E-state index contributed by atoms with van der Waals surface area (Å²) in [5.74, 6) is -5.67. The van der Waals surface area contributed by atoms with Crippen LogP contribution in [-0.4, -0.2) is 131 Å². The van der Waals surface area contributed by atoms with Gasteiger partial charge in [-0.05, 0) is 64.2 Å². The molecule has 0 aromatic carbocycles. The second kappa shape index (κ2) is 35.7. The summed E-state index contributed by atoms with van der Waals surface area (Å²) in [5, 5.41) is 68.1. The summed E-state index contributed by atoms with van der Waals surface area (Å²) in [4.78, 5) is 70.4. The molecule has 0 saturated heterocycles. The molecule has 1 heterocycles. The van der Waals surface area contributed by atoms with Gasteiger partial charge in [0.1, 0.15) is 36.8 Å². The van der Waals surface area contributed by atoms with Gasteiger partial charge in [0.2, 0.25) is 0 Å². The fourth-order valence-electron chi connectivity index (χ4n) is 8.17. The molecule has 0 spiro atoms. The molecule has 9 N–H and O–H groups in total. The van der Waals surface area contributed by atoms with Gasteiger partial charge in [-0.1, -0.05) is 127 Å². The van der Waals surface area contributed by atoms with Gasteiger partial charge < -0.3 is 54.8 Å². The highest BCUT2D eigenvalue weighted by Gasteiger charge is 2.51. The average Bonchev–Trinajstić information content (AvgIpc) is 3.30. The molecule has 2 bridgehead atoms. The Morgan fingerprint density at radius 1 is 0.843 bits per heavy atom. The van der Waals surface area contributed by atoms with Crippen LogP contribution in [0.25, 0.3) is 0 Å². The number of carbonyl (C=O) groups is 3. The van der Waals surface area contributed by atoms with Crippen molar-refractivity contribution in [3.63, 3.8) is 0 Å². The van der Waals surface area contributed by atoms with E-state index in [1.54, 1.807) is 6.08 Å². The van der Waals surface area contributed by atoms with E-state index in [4.69, 9.17) is 23.0 Å². The maximum atomic E-state index is 13.7. The zero-order valence-electron chi connectivity index (χ0n) is 41.1. The van der Waals surface area contributed by atoms with E-state index in [2.05, 4.69) is 31.2 Å². The highest BCUT2D eigenvalue weighted by molar-refractivity contribution is 7.47. The second-order valence-corrected chi connectivity index (χ2v) is 20.9. The normalized spacial score (nSPS) is 30.3. The number of carbonyl (C=O) groups excluding carboxylic acids is 3. The molecule has 1 saturated carbocycles. The molecule has 0 aromatic heterocycles. The van der Waals surface area contributed by atoms with Gasteiger partial charge in [0, 0.05) is 31.1 Å². The predicted molar refractivity (Wildman–Crippen MR) is 261 cm³/mol. The number of ketones is 1. The van der Waals surface area contributed by atoms with Crippen LogP contribution in [0.15, 0.2) is 48.6 Å². The quantitative estimate of drug-likeness (QED) is 0.0189. The van der Waals surface area contributed by atoms with Crippen molar-refractivity contribution >= 4 is 33.4 Å². The van der Waals surface area contributed by atoms with Crippen LogP contribution < -0.4 is 0 Å². The molecule has 1 unspecified atom stereocenters. The Balaban J connectivity index is 2.24.